The molecule has 1 atom stereocenters. The van der Waals surface area contributed by atoms with E-state index in [0.717, 1.165) is 43.0 Å². The molecule has 3 heterocycles. The fraction of sp³-hybridized carbons (Fsp3) is 0.368. The molecule has 4 rings (SSSR count). The molecule has 2 aromatic heterocycles. The number of nitrogens with zero attached hydrogens (tertiary/aromatic N) is 6. The number of fused-ring (bicyclic) bond motifs is 1. The van der Waals surface area contributed by atoms with E-state index in [1.54, 1.807) is 35.4 Å². The fourth-order valence-corrected chi connectivity index (χ4v) is 3.97. The molecule has 0 spiro atoms. The zero-order valence-electron chi connectivity index (χ0n) is 16.1. The Labute approximate surface area is 178 Å². The Morgan fingerprint density at radius 3 is 2.66 bits per heavy atom. The molecule has 0 saturated carbocycles. The smallest absolute Gasteiger partial charge is 0.241 e. The normalized spacial score (nSPS) is 16.2. The van der Waals surface area contributed by atoms with Crippen LogP contribution in [0.25, 0.3) is 11.0 Å². The molecule has 8 nitrogen and oxygen atoms in total. The molecule has 3 aromatic rings. The maximum atomic E-state index is 12.7. The third-order valence-electron chi connectivity index (χ3n) is 5.24. The van der Waals surface area contributed by atoms with Crippen molar-refractivity contribution >= 4 is 51.6 Å². The van der Waals surface area contributed by atoms with E-state index in [1.165, 1.54) is 0 Å². The van der Waals surface area contributed by atoms with Gasteiger partial charge in [0, 0.05) is 38.2 Å². The molecule has 1 saturated heterocycles. The van der Waals surface area contributed by atoms with E-state index in [4.69, 9.17) is 23.2 Å². The molecule has 0 radical (unpaired) electrons. The van der Waals surface area contributed by atoms with E-state index in [0.29, 0.717) is 15.7 Å². The molecule has 1 fully saturated rings. The number of carbonyl (C=O) groups is 1. The molecule has 10 heteroatoms. The van der Waals surface area contributed by atoms with Crippen LogP contribution in [0.3, 0.4) is 0 Å². The molecule has 1 aliphatic rings. The van der Waals surface area contributed by atoms with Crippen LogP contribution in [0.2, 0.25) is 10.0 Å². The average Bonchev–Trinajstić information content (AvgIpc) is 3.11. The minimum Gasteiger partial charge on any atom is -0.353 e. The van der Waals surface area contributed by atoms with Crippen LogP contribution in [0.1, 0.15) is 6.92 Å². The highest BCUT2D eigenvalue weighted by Crippen LogP contribution is 2.26. The zero-order valence-corrected chi connectivity index (χ0v) is 17.7. The number of amides is 1. The van der Waals surface area contributed by atoms with Gasteiger partial charge in [-0.05, 0) is 25.1 Å². The van der Waals surface area contributed by atoms with E-state index in [-0.39, 0.29) is 11.9 Å². The number of aryl methyl sites for hydroxylation is 1. The maximum absolute atomic E-state index is 12.7. The molecule has 1 unspecified atom stereocenters. The molecule has 1 N–H and O–H groups in total. The van der Waals surface area contributed by atoms with Crippen molar-refractivity contribution in [1.29, 1.82) is 0 Å². The Morgan fingerprint density at radius 2 is 1.93 bits per heavy atom. The van der Waals surface area contributed by atoms with Crippen molar-refractivity contribution in [2.45, 2.75) is 13.0 Å². The minimum atomic E-state index is -0.285. The SMILES string of the molecule is CC(C(=O)Nc1ccc(Cl)cc1Cl)N1CCN(c2ncnc3c2cnn3C)CC1. The monoisotopic (exact) mass is 433 g/mol. The van der Waals surface area contributed by atoms with Crippen LogP contribution >= 0.6 is 23.2 Å². The molecular formula is C19H21Cl2N7O. The van der Waals surface area contributed by atoms with Gasteiger partial charge in [-0.2, -0.15) is 5.10 Å². The standard InChI is InChI=1S/C19H21Cl2N7O/c1-12(19(29)25-16-4-3-13(20)9-15(16)21)27-5-7-28(8-6-27)18-14-10-24-26(2)17(14)22-11-23-18/h3-4,9-12H,5-8H2,1-2H3,(H,25,29). The Morgan fingerprint density at radius 1 is 1.17 bits per heavy atom. The fourth-order valence-electron chi connectivity index (χ4n) is 3.52. The van der Waals surface area contributed by atoms with Crippen LogP contribution in [-0.2, 0) is 11.8 Å². The first-order valence-corrected chi connectivity index (χ1v) is 10.1. The first-order chi connectivity index (χ1) is 13.9. The summed E-state index contributed by atoms with van der Waals surface area (Å²) in [7, 11) is 1.87. The summed E-state index contributed by atoms with van der Waals surface area (Å²) in [6.07, 6.45) is 3.36. The van der Waals surface area contributed by atoms with Gasteiger partial charge in [0.2, 0.25) is 5.91 Å². The van der Waals surface area contributed by atoms with Gasteiger partial charge in [0.05, 0.1) is 28.3 Å². The van der Waals surface area contributed by atoms with Crippen molar-refractivity contribution in [3.63, 3.8) is 0 Å². The van der Waals surface area contributed by atoms with Crippen molar-refractivity contribution in [1.82, 2.24) is 24.6 Å². The lowest BCUT2D eigenvalue weighted by Gasteiger charge is -2.38. The summed E-state index contributed by atoms with van der Waals surface area (Å²) < 4.78 is 1.74. The van der Waals surface area contributed by atoms with Crippen molar-refractivity contribution in [2.24, 2.45) is 7.05 Å². The summed E-state index contributed by atoms with van der Waals surface area (Å²) in [6.45, 7) is 4.92. The van der Waals surface area contributed by atoms with Gasteiger partial charge in [-0.15, -0.1) is 0 Å². The van der Waals surface area contributed by atoms with E-state index < -0.39 is 0 Å². The summed E-state index contributed by atoms with van der Waals surface area (Å²) >= 11 is 12.1. The van der Waals surface area contributed by atoms with Crippen LogP contribution < -0.4 is 10.2 Å². The van der Waals surface area contributed by atoms with Gasteiger partial charge >= 0.3 is 0 Å². The first kappa shape index (κ1) is 19.9. The largest absolute Gasteiger partial charge is 0.353 e. The molecule has 0 aliphatic carbocycles. The molecule has 152 valence electrons. The highest BCUT2D eigenvalue weighted by Gasteiger charge is 2.27. The highest BCUT2D eigenvalue weighted by molar-refractivity contribution is 6.36. The number of piperazine rings is 1. The number of nitrogens with one attached hydrogen (secondary N) is 1. The molecule has 1 aliphatic heterocycles. The van der Waals surface area contributed by atoms with Gasteiger partial charge in [0.25, 0.3) is 0 Å². The summed E-state index contributed by atoms with van der Waals surface area (Å²) in [5, 5.41) is 9.05. The van der Waals surface area contributed by atoms with Gasteiger partial charge in [-0.1, -0.05) is 23.2 Å². The molecular weight excluding hydrogens is 413 g/mol. The van der Waals surface area contributed by atoms with Crippen LogP contribution in [-0.4, -0.2) is 62.8 Å². The highest BCUT2D eigenvalue weighted by atomic mass is 35.5. The maximum Gasteiger partial charge on any atom is 0.241 e. The van der Waals surface area contributed by atoms with Gasteiger partial charge in [0.15, 0.2) is 5.65 Å². The molecule has 1 aromatic carbocycles. The van der Waals surface area contributed by atoms with Gasteiger partial charge in [-0.3, -0.25) is 14.4 Å². The number of hydrogen-bond acceptors (Lipinski definition) is 6. The lowest BCUT2D eigenvalue weighted by molar-refractivity contribution is -0.120. The van der Waals surface area contributed by atoms with E-state index in [1.807, 2.05) is 14.0 Å². The Hall–Kier alpha value is -2.42. The molecule has 1 amide bonds. The number of hydrogen-bond donors (Lipinski definition) is 1. The number of halogens is 2. The van der Waals surface area contributed by atoms with Crippen LogP contribution in [0.4, 0.5) is 11.5 Å². The van der Waals surface area contributed by atoms with Gasteiger partial charge in [0.1, 0.15) is 12.1 Å². The number of anilines is 2. The Balaban J connectivity index is 1.40. The number of benzene rings is 1. The second-order valence-electron chi connectivity index (χ2n) is 7.02. The summed E-state index contributed by atoms with van der Waals surface area (Å²) in [4.78, 5) is 25.8. The number of aromatic nitrogens is 4. The van der Waals surface area contributed by atoms with Crippen LogP contribution in [0.15, 0.2) is 30.7 Å². The minimum absolute atomic E-state index is 0.0978. The second-order valence-corrected chi connectivity index (χ2v) is 7.86. The van der Waals surface area contributed by atoms with E-state index in [2.05, 4.69) is 30.2 Å². The first-order valence-electron chi connectivity index (χ1n) is 9.31. The predicted molar refractivity (Wildman–Crippen MR) is 115 cm³/mol. The number of carbonyl (C=O) groups excluding carboxylic acids is 1. The average molecular weight is 434 g/mol. The topological polar surface area (TPSA) is 79.2 Å². The molecule has 29 heavy (non-hydrogen) atoms. The van der Waals surface area contributed by atoms with Crippen LogP contribution in [0, 0.1) is 0 Å². The van der Waals surface area contributed by atoms with Crippen molar-refractivity contribution in [3.8, 4) is 0 Å². The Kier molecular flexibility index (Phi) is 5.58. The van der Waals surface area contributed by atoms with Crippen molar-refractivity contribution < 1.29 is 4.79 Å². The van der Waals surface area contributed by atoms with Crippen LogP contribution in [0.5, 0.6) is 0 Å². The summed E-state index contributed by atoms with van der Waals surface area (Å²) in [5.41, 5.74) is 1.37. The summed E-state index contributed by atoms with van der Waals surface area (Å²) in [5.74, 6) is 0.784. The van der Waals surface area contributed by atoms with E-state index >= 15 is 0 Å². The third kappa shape index (κ3) is 4.01. The van der Waals surface area contributed by atoms with E-state index in [9.17, 15) is 4.79 Å². The quantitative estimate of drug-likeness (QED) is 0.681. The van der Waals surface area contributed by atoms with Gasteiger partial charge in [-0.25, -0.2) is 9.97 Å². The zero-order chi connectivity index (χ0) is 20.5. The summed E-state index contributed by atoms with van der Waals surface area (Å²) in [6, 6.07) is 4.74. The lowest BCUT2D eigenvalue weighted by atomic mass is 10.2. The Bertz CT molecular complexity index is 1050. The second kappa shape index (κ2) is 8.14. The van der Waals surface area contributed by atoms with Crippen molar-refractivity contribution in [3.05, 3.63) is 40.8 Å². The van der Waals surface area contributed by atoms with Gasteiger partial charge < -0.3 is 10.2 Å². The molecule has 0 bridgehead atoms. The lowest BCUT2D eigenvalue weighted by Crippen LogP contribution is -2.53. The number of rotatable bonds is 4. The van der Waals surface area contributed by atoms with Crippen molar-refractivity contribution in [2.75, 3.05) is 36.4 Å². The predicted octanol–water partition coefficient (Wildman–Crippen LogP) is 2.82. The third-order valence-corrected chi connectivity index (χ3v) is 5.79.